The normalized spacial score (nSPS) is 15.5. The van der Waals surface area contributed by atoms with E-state index in [9.17, 15) is 10.4 Å². The average molecular weight is 258 g/mol. The first-order valence-corrected chi connectivity index (χ1v) is 6.93. The van der Waals surface area contributed by atoms with Crippen molar-refractivity contribution in [2.75, 3.05) is 13.2 Å². The first kappa shape index (κ1) is 14.0. The van der Waals surface area contributed by atoms with Gasteiger partial charge in [0.1, 0.15) is 0 Å². The van der Waals surface area contributed by atoms with Gasteiger partial charge in [0.25, 0.3) is 0 Å². The van der Waals surface area contributed by atoms with E-state index in [4.69, 9.17) is 0 Å². The van der Waals surface area contributed by atoms with Crippen molar-refractivity contribution in [1.29, 1.82) is 5.26 Å². The molecule has 1 aliphatic carbocycles. The Labute approximate surface area is 115 Å². The first-order valence-electron chi connectivity index (χ1n) is 6.93. The van der Waals surface area contributed by atoms with Crippen LogP contribution in [0.1, 0.15) is 37.8 Å². The first-order chi connectivity index (χ1) is 9.08. The Morgan fingerprint density at radius 1 is 1.37 bits per heavy atom. The van der Waals surface area contributed by atoms with Gasteiger partial charge in [-0.1, -0.05) is 24.3 Å². The molecule has 0 heterocycles. The molecule has 1 aliphatic rings. The van der Waals surface area contributed by atoms with Gasteiger partial charge in [-0.2, -0.15) is 5.26 Å². The molecule has 0 amide bonds. The number of aliphatic hydroxyl groups is 1. The fourth-order valence-corrected chi connectivity index (χ4v) is 2.51. The summed E-state index contributed by atoms with van der Waals surface area (Å²) in [6.45, 7) is 5.65. The number of hydrogen-bond acceptors (Lipinski definition) is 3. The summed E-state index contributed by atoms with van der Waals surface area (Å²) in [7, 11) is 0. The van der Waals surface area contributed by atoms with Crippen LogP contribution in [0.4, 0.5) is 0 Å². The molecular formula is C16H22N2O. The minimum atomic E-state index is -0.467. The third-order valence-corrected chi connectivity index (χ3v) is 3.79. The molecular weight excluding hydrogens is 236 g/mol. The van der Waals surface area contributed by atoms with Crippen LogP contribution < -0.4 is 0 Å². The number of aliphatic hydroxyl groups excluding tert-OH is 1. The lowest BCUT2D eigenvalue weighted by Crippen LogP contribution is -2.30. The minimum Gasteiger partial charge on any atom is -0.395 e. The molecule has 1 N–H and O–H groups in total. The third-order valence-electron chi connectivity index (χ3n) is 3.79. The summed E-state index contributed by atoms with van der Waals surface area (Å²) in [5, 5.41) is 18.5. The quantitative estimate of drug-likeness (QED) is 0.852. The average Bonchev–Trinajstić information content (AvgIpc) is 3.23. The largest absolute Gasteiger partial charge is 0.395 e. The summed E-state index contributed by atoms with van der Waals surface area (Å²) in [5.41, 5.74) is 1.83. The summed E-state index contributed by atoms with van der Waals surface area (Å²) in [6, 6.07) is 11.2. The molecule has 1 saturated carbocycles. The molecule has 2 rings (SSSR count). The van der Waals surface area contributed by atoms with E-state index in [0.29, 0.717) is 12.6 Å². The smallest absolute Gasteiger partial charge is 0.0769 e. The summed E-state index contributed by atoms with van der Waals surface area (Å²) in [6.07, 6.45) is 2.45. The standard InChI is InChI=1S/C16H22N2O/c1-16(2,12-17)15-6-4-3-5-13(15)11-18(9-10-19)14-7-8-14/h3-6,14,19H,7-11H2,1-2H3. The van der Waals surface area contributed by atoms with E-state index in [1.807, 2.05) is 32.0 Å². The summed E-state index contributed by atoms with van der Waals surface area (Å²) in [4.78, 5) is 2.33. The summed E-state index contributed by atoms with van der Waals surface area (Å²) >= 11 is 0. The van der Waals surface area contributed by atoms with Gasteiger partial charge in [-0.3, -0.25) is 4.90 Å². The maximum absolute atomic E-state index is 9.33. The fourth-order valence-electron chi connectivity index (χ4n) is 2.51. The van der Waals surface area contributed by atoms with Gasteiger partial charge in [0.15, 0.2) is 0 Å². The predicted octanol–water partition coefficient (Wildman–Crippen LogP) is 2.44. The number of nitriles is 1. The zero-order valence-corrected chi connectivity index (χ0v) is 11.8. The van der Waals surface area contributed by atoms with E-state index >= 15 is 0 Å². The summed E-state index contributed by atoms with van der Waals surface area (Å²) < 4.78 is 0. The number of hydrogen-bond donors (Lipinski definition) is 1. The van der Waals surface area contributed by atoms with Crippen molar-refractivity contribution >= 4 is 0 Å². The van der Waals surface area contributed by atoms with Gasteiger partial charge < -0.3 is 5.11 Å². The Bertz CT molecular complexity index is 472. The van der Waals surface area contributed by atoms with Crippen LogP contribution in [0.3, 0.4) is 0 Å². The lowest BCUT2D eigenvalue weighted by atomic mass is 9.83. The molecule has 0 atom stereocenters. The molecule has 1 aromatic carbocycles. The van der Waals surface area contributed by atoms with Gasteiger partial charge in [0.2, 0.25) is 0 Å². The van der Waals surface area contributed by atoms with Gasteiger partial charge >= 0.3 is 0 Å². The van der Waals surface area contributed by atoms with E-state index in [1.165, 1.54) is 18.4 Å². The van der Waals surface area contributed by atoms with Crippen LogP contribution in [0.25, 0.3) is 0 Å². The lowest BCUT2D eigenvalue weighted by Gasteiger charge is -2.25. The van der Waals surface area contributed by atoms with Crippen LogP contribution in [0.5, 0.6) is 0 Å². The van der Waals surface area contributed by atoms with Gasteiger partial charge in [0.05, 0.1) is 18.1 Å². The fraction of sp³-hybridized carbons (Fsp3) is 0.562. The second-order valence-corrected chi connectivity index (χ2v) is 5.82. The third kappa shape index (κ3) is 3.34. The van der Waals surface area contributed by atoms with E-state index in [0.717, 1.165) is 12.1 Å². The van der Waals surface area contributed by atoms with Crippen molar-refractivity contribution in [2.45, 2.75) is 44.7 Å². The molecule has 3 nitrogen and oxygen atoms in total. The zero-order valence-electron chi connectivity index (χ0n) is 11.8. The molecule has 1 aromatic rings. The van der Waals surface area contributed by atoms with E-state index < -0.39 is 5.41 Å². The van der Waals surface area contributed by atoms with Crippen molar-refractivity contribution in [3.8, 4) is 6.07 Å². The van der Waals surface area contributed by atoms with Gasteiger partial charge in [-0.05, 0) is 37.8 Å². The van der Waals surface area contributed by atoms with Crippen molar-refractivity contribution < 1.29 is 5.11 Å². The number of rotatable bonds is 6. The van der Waals surface area contributed by atoms with Gasteiger partial charge in [0, 0.05) is 19.1 Å². The molecule has 0 aliphatic heterocycles. The Kier molecular flexibility index (Phi) is 4.24. The van der Waals surface area contributed by atoms with Crippen LogP contribution >= 0.6 is 0 Å². The Hall–Kier alpha value is -1.37. The molecule has 0 bridgehead atoms. The van der Waals surface area contributed by atoms with Gasteiger partial charge in [-0.15, -0.1) is 0 Å². The van der Waals surface area contributed by atoms with Crippen LogP contribution in [0.2, 0.25) is 0 Å². The van der Waals surface area contributed by atoms with E-state index in [1.54, 1.807) is 0 Å². The molecule has 19 heavy (non-hydrogen) atoms. The maximum atomic E-state index is 9.33. The molecule has 3 heteroatoms. The molecule has 0 radical (unpaired) electrons. The molecule has 0 unspecified atom stereocenters. The lowest BCUT2D eigenvalue weighted by molar-refractivity contribution is 0.183. The van der Waals surface area contributed by atoms with Crippen molar-refractivity contribution in [3.63, 3.8) is 0 Å². The second-order valence-electron chi connectivity index (χ2n) is 5.82. The van der Waals surface area contributed by atoms with Crippen LogP contribution in [-0.2, 0) is 12.0 Å². The molecule has 102 valence electrons. The number of benzene rings is 1. The highest BCUT2D eigenvalue weighted by molar-refractivity contribution is 5.37. The van der Waals surface area contributed by atoms with E-state index in [-0.39, 0.29) is 6.61 Å². The Morgan fingerprint density at radius 2 is 2.05 bits per heavy atom. The van der Waals surface area contributed by atoms with Crippen molar-refractivity contribution in [2.24, 2.45) is 0 Å². The van der Waals surface area contributed by atoms with Crippen LogP contribution in [0.15, 0.2) is 24.3 Å². The molecule has 1 fully saturated rings. The molecule has 0 aromatic heterocycles. The highest BCUT2D eigenvalue weighted by Gasteiger charge is 2.30. The Morgan fingerprint density at radius 3 is 2.63 bits per heavy atom. The highest BCUT2D eigenvalue weighted by Crippen LogP contribution is 2.31. The van der Waals surface area contributed by atoms with E-state index in [2.05, 4.69) is 17.0 Å². The topological polar surface area (TPSA) is 47.3 Å². The predicted molar refractivity (Wildman–Crippen MR) is 75.6 cm³/mol. The Balaban J connectivity index is 2.22. The maximum Gasteiger partial charge on any atom is 0.0769 e. The van der Waals surface area contributed by atoms with Gasteiger partial charge in [-0.25, -0.2) is 0 Å². The zero-order chi connectivity index (χ0) is 13.9. The SMILES string of the molecule is CC(C)(C#N)c1ccccc1CN(CCO)C1CC1. The van der Waals surface area contributed by atoms with Crippen molar-refractivity contribution in [3.05, 3.63) is 35.4 Å². The van der Waals surface area contributed by atoms with Crippen LogP contribution in [0, 0.1) is 11.3 Å². The van der Waals surface area contributed by atoms with Crippen molar-refractivity contribution in [1.82, 2.24) is 4.90 Å². The molecule has 0 spiro atoms. The molecule has 0 saturated heterocycles. The summed E-state index contributed by atoms with van der Waals surface area (Å²) in [5.74, 6) is 0. The number of nitrogens with zero attached hydrogens (tertiary/aromatic N) is 2. The monoisotopic (exact) mass is 258 g/mol. The van der Waals surface area contributed by atoms with Crippen LogP contribution in [-0.4, -0.2) is 29.2 Å². The minimum absolute atomic E-state index is 0.195. The second kappa shape index (κ2) is 5.73. The highest BCUT2D eigenvalue weighted by atomic mass is 16.3.